The maximum absolute atomic E-state index is 12.0. The number of aliphatic hydroxyl groups excluding tert-OH is 1. The largest absolute Gasteiger partial charge is 0.396 e. The molecule has 0 radical (unpaired) electrons. The summed E-state index contributed by atoms with van der Waals surface area (Å²) in [5.41, 5.74) is 0.191. The van der Waals surface area contributed by atoms with Gasteiger partial charge in [0.1, 0.15) is 0 Å². The normalized spacial score (nSPS) is 11.0. The van der Waals surface area contributed by atoms with Gasteiger partial charge in [-0.1, -0.05) is 32.0 Å². The smallest absolute Gasteiger partial charge is 0.254 e. The third kappa shape index (κ3) is 5.01. The predicted molar refractivity (Wildman–Crippen MR) is 77.3 cm³/mol. The number of nitrogens with zero attached hydrogens (tertiary/aromatic N) is 1. The average molecular weight is 278 g/mol. The van der Waals surface area contributed by atoms with E-state index in [1.165, 1.54) is 4.90 Å². The Morgan fingerprint density at radius 1 is 1.25 bits per heavy atom. The van der Waals surface area contributed by atoms with Crippen molar-refractivity contribution < 1.29 is 14.7 Å². The van der Waals surface area contributed by atoms with Crippen molar-refractivity contribution in [3.05, 3.63) is 35.9 Å². The second kappa shape index (κ2) is 7.05. The molecule has 1 aromatic carbocycles. The zero-order chi connectivity index (χ0) is 15.2. The standard InChI is InChI=1S/C15H22N2O3/c1-15(2,11-18)10-16-13(19)9-17(3)14(20)12-7-5-4-6-8-12/h4-8,18H,9-11H2,1-3H3,(H,16,19). The first-order valence-electron chi connectivity index (χ1n) is 6.54. The molecule has 0 heterocycles. The fourth-order valence-electron chi connectivity index (χ4n) is 1.54. The number of amides is 2. The zero-order valence-corrected chi connectivity index (χ0v) is 12.2. The van der Waals surface area contributed by atoms with Crippen molar-refractivity contribution >= 4 is 11.8 Å². The van der Waals surface area contributed by atoms with Crippen LogP contribution in [0.4, 0.5) is 0 Å². The molecule has 0 aromatic heterocycles. The summed E-state index contributed by atoms with van der Waals surface area (Å²) >= 11 is 0. The lowest BCUT2D eigenvalue weighted by molar-refractivity contribution is -0.122. The zero-order valence-electron chi connectivity index (χ0n) is 12.2. The van der Waals surface area contributed by atoms with Crippen LogP contribution in [0.2, 0.25) is 0 Å². The first-order chi connectivity index (χ1) is 9.35. The summed E-state index contributed by atoms with van der Waals surface area (Å²) in [6.45, 7) is 4.06. The lowest BCUT2D eigenvalue weighted by Crippen LogP contribution is -2.42. The van der Waals surface area contributed by atoms with E-state index >= 15 is 0 Å². The molecule has 110 valence electrons. The SMILES string of the molecule is CN(CC(=O)NCC(C)(C)CO)C(=O)c1ccccc1. The summed E-state index contributed by atoms with van der Waals surface area (Å²) in [6.07, 6.45) is 0. The molecule has 0 saturated heterocycles. The van der Waals surface area contributed by atoms with Crippen LogP contribution in [-0.2, 0) is 4.79 Å². The molecule has 0 unspecified atom stereocenters. The van der Waals surface area contributed by atoms with Gasteiger partial charge < -0.3 is 15.3 Å². The van der Waals surface area contributed by atoms with E-state index in [0.717, 1.165) is 0 Å². The summed E-state index contributed by atoms with van der Waals surface area (Å²) in [4.78, 5) is 25.2. The molecule has 0 bridgehead atoms. The highest BCUT2D eigenvalue weighted by Crippen LogP contribution is 2.11. The number of likely N-dealkylation sites (N-methyl/N-ethyl adjacent to an activating group) is 1. The van der Waals surface area contributed by atoms with Crippen LogP contribution in [0.15, 0.2) is 30.3 Å². The maximum Gasteiger partial charge on any atom is 0.254 e. The Bertz CT molecular complexity index is 457. The second-order valence-corrected chi connectivity index (χ2v) is 5.63. The Balaban J connectivity index is 2.48. The van der Waals surface area contributed by atoms with Crippen LogP contribution in [-0.4, -0.2) is 48.6 Å². The maximum atomic E-state index is 12.0. The van der Waals surface area contributed by atoms with Crippen molar-refractivity contribution in [2.75, 3.05) is 26.7 Å². The second-order valence-electron chi connectivity index (χ2n) is 5.63. The Kier molecular flexibility index (Phi) is 5.70. The molecule has 5 heteroatoms. The minimum atomic E-state index is -0.363. The molecule has 1 rings (SSSR count). The van der Waals surface area contributed by atoms with Crippen LogP contribution >= 0.6 is 0 Å². The van der Waals surface area contributed by atoms with E-state index in [4.69, 9.17) is 5.11 Å². The molecular weight excluding hydrogens is 256 g/mol. The minimum Gasteiger partial charge on any atom is -0.396 e. The number of aliphatic hydroxyl groups is 1. The van der Waals surface area contributed by atoms with Crippen LogP contribution in [0.3, 0.4) is 0 Å². The van der Waals surface area contributed by atoms with Gasteiger partial charge in [0.25, 0.3) is 5.91 Å². The van der Waals surface area contributed by atoms with Gasteiger partial charge in [-0.3, -0.25) is 9.59 Å². The lowest BCUT2D eigenvalue weighted by atomic mass is 9.95. The summed E-state index contributed by atoms with van der Waals surface area (Å²) in [5, 5.41) is 11.8. The Morgan fingerprint density at radius 2 is 1.85 bits per heavy atom. The average Bonchev–Trinajstić information content (AvgIpc) is 2.45. The highest BCUT2D eigenvalue weighted by Gasteiger charge is 2.19. The molecule has 20 heavy (non-hydrogen) atoms. The van der Waals surface area contributed by atoms with Gasteiger partial charge in [-0.25, -0.2) is 0 Å². The van der Waals surface area contributed by atoms with Crippen molar-refractivity contribution in [3.8, 4) is 0 Å². The number of benzene rings is 1. The van der Waals surface area contributed by atoms with Gasteiger partial charge in [-0.15, -0.1) is 0 Å². The number of carbonyl (C=O) groups is 2. The van der Waals surface area contributed by atoms with Gasteiger partial charge in [0.15, 0.2) is 0 Å². The van der Waals surface area contributed by atoms with Crippen molar-refractivity contribution in [2.24, 2.45) is 5.41 Å². The molecule has 0 aliphatic carbocycles. The number of hydrogen-bond acceptors (Lipinski definition) is 3. The van der Waals surface area contributed by atoms with Crippen LogP contribution in [0.1, 0.15) is 24.2 Å². The van der Waals surface area contributed by atoms with E-state index in [2.05, 4.69) is 5.32 Å². The lowest BCUT2D eigenvalue weighted by Gasteiger charge is -2.23. The quantitative estimate of drug-likeness (QED) is 0.812. The molecule has 0 spiro atoms. The summed E-state index contributed by atoms with van der Waals surface area (Å²) < 4.78 is 0. The van der Waals surface area contributed by atoms with E-state index < -0.39 is 0 Å². The first-order valence-corrected chi connectivity index (χ1v) is 6.54. The van der Waals surface area contributed by atoms with Crippen LogP contribution in [0, 0.1) is 5.41 Å². The van der Waals surface area contributed by atoms with Crippen LogP contribution in [0.25, 0.3) is 0 Å². The summed E-state index contributed by atoms with van der Waals surface area (Å²) in [7, 11) is 1.59. The Hall–Kier alpha value is -1.88. The fourth-order valence-corrected chi connectivity index (χ4v) is 1.54. The summed E-state index contributed by atoms with van der Waals surface area (Å²) in [5.74, 6) is -0.430. The minimum absolute atomic E-state index is 0.00473. The molecule has 2 amide bonds. The third-order valence-corrected chi connectivity index (χ3v) is 2.94. The molecule has 0 saturated carbocycles. The third-order valence-electron chi connectivity index (χ3n) is 2.94. The number of hydrogen-bond donors (Lipinski definition) is 2. The van der Waals surface area contributed by atoms with Crippen molar-refractivity contribution in [1.82, 2.24) is 10.2 Å². The van der Waals surface area contributed by atoms with Crippen LogP contribution < -0.4 is 5.32 Å². The topological polar surface area (TPSA) is 69.6 Å². The molecule has 0 fully saturated rings. The van der Waals surface area contributed by atoms with Gasteiger partial charge in [0.05, 0.1) is 6.54 Å². The van der Waals surface area contributed by atoms with E-state index in [1.807, 2.05) is 19.9 Å². The fraction of sp³-hybridized carbons (Fsp3) is 0.467. The molecule has 1 aromatic rings. The highest BCUT2D eigenvalue weighted by molar-refractivity contribution is 5.96. The molecule has 2 N–H and O–H groups in total. The highest BCUT2D eigenvalue weighted by atomic mass is 16.3. The van der Waals surface area contributed by atoms with Gasteiger partial charge in [0.2, 0.25) is 5.91 Å². The molecular formula is C15H22N2O3. The van der Waals surface area contributed by atoms with Gasteiger partial charge >= 0.3 is 0 Å². The van der Waals surface area contributed by atoms with Crippen molar-refractivity contribution in [3.63, 3.8) is 0 Å². The molecule has 5 nitrogen and oxygen atoms in total. The molecule has 0 atom stereocenters. The molecule has 0 aliphatic rings. The van der Waals surface area contributed by atoms with E-state index in [0.29, 0.717) is 12.1 Å². The summed E-state index contributed by atoms with van der Waals surface area (Å²) in [6, 6.07) is 8.83. The van der Waals surface area contributed by atoms with E-state index in [9.17, 15) is 9.59 Å². The van der Waals surface area contributed by atoms with Crippen molar-refractivity contribution in [2.45, 2.75) is 13.8 Å². The van der Waals surface area contributed by atoms with Gasteiger partial charge in [-0.05, 0) is 12.1 Å². The van der Waals surface area contributed by atoms with Crippen molar-refractivity contribution in [1.29, 1.82) is 0 Å². The Morgan fingerprint density at radius 3 is 2.40 bits per heavy atom. The Labute approximate surface area is 119 Å². The number of rotatable bonds is 6. The van der Waals surface area contributed by atoms with Gasteiger partial charge in [-0.2, -0.15) is 0 Å². The number of nitrogens with one attached hydrogen (secondary N) is 1. The first kappa shape index (κ1) is 16.2. The monoisotopic (exact) mass is 278 g/mol. The van der Waals surface area contributed by atoms with Gasteiger partial charge in [0, 0.05) is 31.2 Å². The van der Waals surface area contributed by atoms with Crippen LogP contribution in [0.5, 0.6) is 0 Å². The number of carbonyl (C=O) groups excluding carboxylic acids is 2. The predicted octanol–water partition coefficient (Wildman–Crippen LogP) is 0.893. The van der Waals surface area contributed by atoms with E-state index in [1.54, 1.807) is 31.3 Å². The molecule has 0 aliphatic heterocycles. The van der Waals surface area contributed by atoms with E-state index in [-0.39, 0.29) is 30.4 Å².